The Bertz CT molecular complexity index is 1510. The largest absolute Gasteiger partial charge is 0.457 e. The monoisotopic (exact) mass is 519 g/mol. The van der Waals surface area contributed by atoms with Crippen molar-refractivity contribution in [3.8, 4) is 22.6 Å². The maximum Gasteiger partial charge on any atom is 0.311 e. The zero-order chi connectivity index (χ0) is 27.4. The molecule has 1 amide bonds. The molecule has 1 heterocycles. The fourth-order valence-electron chi connectivity index (χ4n) is 4.60. The van der Waals surface area contributed by atoms with Crippen LogP contribution in [0.25, 0.3) is 11.1 Å². The zero-order valence-electron chi connectivity index (χ0n) is 21.9. The van der Waals surface area contributed by atoms with Crippen LogP contribution in [0.4, 0.5) is 5.69 Å². The first kappa shape index (κ1) is 25.9. The number of ether oxygens (including phenoxy) is 2. The van der Waals surface area contributed by atoms with Crippen molar-refractivity contribution in [2.75, 3.05) is 18.1 Å². The van der Waals surface area contributed by atoms with Gasteiger partial charge in [-0.15, -0.1) is 0 Å². The molecule has 1 aliphatic heterocycles. The number of ketones is 1. The summed E-state index contributed by atoms with van der Waals surface area (Å²) in [6.45, 7) is 3.76. The molecule has 0 unspecified atom stereocenters. The second kappa shape index (κ2) is 11.4. The van der Waals surface area contributed by atoms with E-state index in [1.807, 2.05) is 74.5 Å². The Balaban J connectivity index is 1.20. The second-order valence-corrected chi connectivity index (χ2v) is 9.69. The van der Waals surface area contributed by atoms with Gasteiger partial charge in [0.25, 0.3) is 0 Å². The number of esters is 1. The van der Waals surface area contributed by atoms with E-state index in [0.717, 1.165) is 28.0 Å². The number of amides is 1. The Labute approximate surface area is 227 Å². The average molecular weight is 520 g/mol. The van der Waals surface area contributed by atoms with Crippen LogP contribution in [0.2, 0.25) is 0 Å². The molecule has 1 saturated heterocycles. The third-order valence-electron chi connectivity index (χ3n) is 6.98. The van der Waals surface area contributed by atoms with Crippen molar-refractivity contribution in [1.29, 1.82) is 0 Å². The Kier molecular flexibility index (Phi) is 7.55. The lowest BCUT2D eigenvalue weighted by Crippen LogP contribution is -2.27. The molecular formula is C33H29NO5. The highest BCUT2D eigenvalue weighted by Gasteiger charge is 2.36. The van der Waals surface area contributed by atoms with Gasteiger partial charge in [-0.05, 0) is 66.9 Å². The van der Waals surface area contributed by atoms with Crippen LogP contribution in [-0.2, 0) is 14.3 Å². The first-order valence-electron chi connectivity index (χ1n) is 12.9. The molecule has 1 fully saturated rings. The summed E-state index contributed by atoms with van der Waals surface area (Å²) in [6.07, 6.45) is 0.0410. The molecule has 4 aromatic carbocycles. The van der Waals surface area contributed by atoms with E-state index < -0.39 is 11.9 Å². The molecule has 0 radical (unpaired) electrons. The van der Waals surface area contributed by atoms with Gasteiger partial charge in [-0.2, -0.15) is 0 Å². The normalized spacial score (nSPS) is 14.8. The van der Waals surface area contributed by atoms with E-state index in [-0.39, 0.29) is 31.3 Å². The number of carbonyl (C=O) groups excluding carboxylic acids is 3. The second-order valence-electron chi connectivity index (χ2n) is 9.69. The van der Waals surface area contributed by atoms with E-state index in [2.05, 4.69) is 0 Å². The number of anilines is 1. The Morgan fingerprint density at radius 3 is 2.31 bits per heavy atom. The van der Waals surface area contributed by atoms with Crippen LogP contribution >= 0.6 is 0 Å². The summed E-state index contributed by atoms with van der Waals surface area (Å²) in [7, 11) is 0. The molecule has 0 aliphatic carbocycles. The van der Waals surface area contributed by atoms with Crippen molar-refractivity contribution in [2.45, 2.75) is 20.3 Å². The smallest absolute Gasteiger partial charge is 0.311 e. The van der Waals surface area contributed by atoms with E-state index in [0.29, 0.717) is 17.0 Å². The van der Waals surface area contributed by atoms with Crippen LogP contribution in [-0.4, -0.2) is 30.8 Å². The van der Waals surface area contributed by atoms with Crippen LogP contribution in [0.3, 0.4) is 0 Å². The first-order valence-corrected chi connectivity index (χ1v) is 12.9. The van der Waals surface area contributed by atoms with Crippen LogP contribution in [0.15, 0.2) is 97.1 Å². The van der Waals surface area contributed by atoms with Crippen molar-refractivity contribution in [3.63, 3.8) is 0 Å². The average Bonchev–Trinajstić information content (AvgIpc) is 3.35. The minimum absolute atomic E-state index is 0.0410. The van der Waals surface area contributed by atoms with Gasteiger partial charge in [0.05, 0.1) is 5.92 Å². The van der Waals surface area contributed by atoms with E-state index in [4.69, 9.17) is 9.47 Å². The van der Waals surface area contributed by atoms with E-state index >= 15 is 0 Å². The summed E-state index contributed by atoms with van der Waals surface area (Å²) in [6, 6.07) is 30.4. The molecule has 4 aromatic rings. The topological polar surface area (TPSA) is 72.9 Å². The van der Waals surface area contributed by atoms with Gasteiger partial charge in [-0.3, -0.25) is 14.4 Å². The van der Waals surface area contributed by atoms with Gasteiger partial charge < -0.3 is 14.4 Å². The van der Waals surface area contributed by atoms with Gasteiger partial charge in [0.15, 0.2) is 12.4 Å². The van der Waals surface area contributed by atoms with Gasteiger partial charge in [-0.25, -0.2) is 0 Å². The number of hydrogen-bond acceptors (Lipinski definition) is 5. The summed E-state index contributed by atoms with van der Waals surface area (Å²) in [5.74, 6) is -0.238. The number of benzene rings is 4. The van der Waals surface area contributed by atoms with Crippen LogP contribution in [0.5, 0.6) is 11.5 Å². The predicted molar refractivity (Wildman–Crippen MR) is 150 cm³/mol. The molecule has 5 rings (SSSR count). The molecule has 39 heavy (non-hydrogen) atoms. The number of hydrogen-bond donors (Lipinski definition) is 0. The molecule has 1 aliphatic rings. The highest BCUT2D eigenvalue weighted by atomic mass is 16.5. The first-order chi connectivity index (χ1) is 18.9. The molecule has 196 valence electrons. The van der Waals surface area contributed by atoms with Crippen LogP contribution in [0.1, 0.15) is 27.9 Å². The lowest BCUT2D eigenvalue weighted by atomic mass is 10.0. The Hall–Kier alpha value is -4.71. The van der Waals surface area contributed by atoms with Crippen molar-refractivity contribution in [3.05, 3.63) is 114 Å². The lowest BCUT2D eigenvalue weighted by molar-refractivity contribution is -0.147. The summed E-state index contributed by atoms with van der Waals surface area (Å²) in [5, 5.41) is 0. The van der Waals surface area contributed by atoms with Gasteiger partial charge in [0, 0.05) is 29.8 Å². The number of Topliss-reactive ketones (excluding diaryl/α,β-unsaturated/α-hetero) is 1. The number of carbonyl (C=O) groups is 3. The van der Waals surface area contributed by atoms with Crippen molar-refractivity contribution in [1.82, 2.24) is 0 Å². The third kappa shape index (κ3) is 5.91. The fourth-order valence-corrected chi connectivity index (χ4v) is 4.60. The molecule has 0 spiro atoms. The Morgan fingerprint density at radius 2 is 1.56 bits per heavy atom. The highest BCUT2D eigenvalue weighted by molar-refractivity contribution is 6.01. The summed E-state index contributed by atoms with van der Waals surface area (Å²) in [5.41, 5.74) is 5.30. The van der Waals surface area contributed by atoms with Gasteiger partial charge >= 0.3 is 5.97 Å². The number of para-hydroxylation sites is 1. The quantitative estimate of drug-likeness (QED) is 0.195. The molecular weight excluding hydrogens is 490 g/mol. The molecule has 0 saturated carbocycles. The number of nitrogens with zero attached hydrogens (tertiary/aromatic N) is 1. The van der Waals surface area contributed by atoms with Gasteiger partial charge in [-0.1, -0.05) is 60.7 Å². The summed E-state index contributed by atoms with van der Waals surface area (Å²) >= 11 is 0. The number of aryl methyl sites for hydroxylation is 2. The molecule has 1 atom stereocenters. The zero-order valence-corrected chi connectivity index (χ0v) is 21.9. The molecule has 0 aromatic heterocycles. The molecule has 0 N–H and O–H groups in total. The molecule has 0 bridgehead atoms. The highest BCUT2D eigenvalue weighted by Crippen LogP contribution is 2.34. The standard InChI is InChI=1S/C33H29NO5/c1-22-12-13-25(18-23(22)2)30(35)21-38-33(37)26-19-32(36)34(20-26)27-14-16-28(17-15-27)39-31-11-7-6-10-29(31)24-8-4-3-5-9-24/h3-18,26H,19-21H2,1-2H3/t26-/m1/s1. The SMILES string of the molecule is Cc1ccc(C(=O)COC(=O)[C@@H]2CC(=O)N(c3ccc(Oc4ccccc4-c4ccccc4)cc3)C2)cc1C. The van der Waals surface area contributed by atoms with E-state index in [9.17, 15) is 14.4 Å². The van der Waals surface area contributed by atoms with Gasteiger partial charge in [0.2, 0.25) is 5.91 Å². The van der Waals surface area contributed by atoms with Crippen molar-refractivity contribution < 1.29 is 23.9 Å². The minimum Gasteiger partial charge on any atom is -0.457 e. The third-order valence-corrected chi connectivity index (χ3v) is 6.98. The van der Waals surface area contributed by atoms with Crippen LogP contribution in [0, 0.1) is 19.8 Å². The molecule has 6 nitrogen and oxygen atoms in total. The summed E-state index contributed by atoms with van der Waals surface area (Å²) < 4.78 is 11.5. The number of rotatable bonds is 8. The predicted octanol–water partition coefficient (Wildman–Crippen LogP) is 6.54. The maximum atomic E-state index is 12.7. The Morgan fingerprint density at radius 1 is 0.846 bits per heavy atom. The lowest BCUT2D eigenvalue weighted by Gasteiger charge is -2.17. The van der Waals surface area contributed by atoms with Crippen LogP contribution < -0.4 is 9.64 Å². The van der Waals surface area contributed by atoms with Crippen molar-refractivity contribution >= 4 is 23.3 Å². The van der Waals surface area contributed by atoms with Crippen molar-refractivity contribution in [2.24, 2.45) is 5.92 Å². The maximum absolute atomic E-state index is 12.7. The van der Waals surface area contributed by atoms with Gasteiger partial charge in [0.1, 0.15) is 11.5 Å². The van der Waals surface area contributed by atoms with E-state index in [1.54, 1.807) is 41.3 Å². The minimum atomic E-state index is -0.626. The van der Waals surface area contributed by atoms with E-state index in [1.165, 1.54) is 0 Å². The molecule has 6 heteroatoms. The summed E-state index contributed by atoms with van der Waals surface area (Å²) in [4.78, 5) is 39.4. The fraction of sp³-hybridized carbons (Fsp3) is 0.182.